The van der Waals surface area contributed by atoms with Crippen molar-refractivity contribution >= 4 is 11.6 Å². The van der Waals surface area contributed by atoms with Gasteiger partial charge in [-0.1, -0.05) is 24.3 Å². The number of benzene rings is 1. The second kappa shape index (κ2) is 3.79. The first-order valence-corrected chi connectivity index (χ1v) is 6.93. The first kappa shape index (κ1) is 13.9. The zero-order valence-electron chi connectivity index (χ0n) is 12.3. The molecule has 2 aliphatic rings. The molecule has 8 heteroatoms. The topological polar surface area (TPSA) is 114 Å². The number of carbonyl (C=O) groups is 1. The van der Waals surface area contributed by atoms with E-state index in [1.807, 2.05) is 0 Å². The molecule has 0 spiro atoms. The van der Waals surface area contributed by atoms with E-state index in [2.05, 4.69) is 5.32 Å². The molecule has 1 aromatic carbocycles. The highest BCUT2D eigenvalue weighted by atomic mass is 16.4. The Kier molecular flexibility index (Phi) is 2.29. The van der Waals surface area contributed by atoms with Crippen molar-refractivity contribution in [3.8, 4) is 0 Å². The van der Waals surface area contributed by atoms with Crippen molar-refractivity contribution in [1.82, 2.24) is 9.13 Å². The van der Waals surface area contributed by atoms with Crippen molar-refractivity contribution in [1.29, 1.82) is 0 Å². The van der Waals surface area contributed by atoms with E-state index in [0.717, 1.165) is 9.13 Å². The van der Waals surface area contributed by atoms with Crippen LogP contribution in [0.4, 0.5) is 5.82 Å². The van der Waals surface area contributed by atoms with Gasteiger partial charge in [-0.2, -0.15) is 0 Å². The smallest absolute Gasteiger partial charge is 0.332 e. The Hall–Kier alpha value is -2.71. The molecule has 2 heterocycles. The number of hydrogen-bond acceptors (Lipinski definition) is 6. The number of nitrogens with zero attached hydrogens (tertiary/aromatic N) is 2. The summed E-state index contributed by atoms with van der Waals surface area (Å²) in [6.07, 6.45) is 0. The third-order valence-corrected chi connectivity index (χ3v) is 4.74. The quantitative estimate of drug-likeness (QED) is 0.559. The van der Waals surface area contributed by atoms with E-state index in [0.29, 0.717) is 0 Å². The summed E-state index contributed by atoms with van der Waals surface area (Å²) in [7, 11) is 2.63. The number of Topliss-reactive ketones (excluding diaryl/α,β-unsaturated/α-hetero) is 1. The summed E-state index contributed by atoms with van der Waals surface area (Å²) in [6, 6.07) is 6.17. The van der Waals surface area contributed by atoms with Crippen LogP contribution in [-0.4, -0.2) is 25.1 Å². The Morgan fingerprint density at radius 3 is 2.39 bits per heavy atom. The maximum Gasteiger partial charge on any atom is 0.332 e. The van der Waals surface area contributed by atoms with Gasteiger partial charge in [-0.25, -0.2) is 4.79 Å². The predicted octanol–water partition coefficient (Wildman–Crippen LogP) is -1.26. The highest BCUT2D eigenvalue weighted by molar-refractivity contribution is 6.11. The van der Waals surface area contributed by atoms with Gasteiger partial charge in [0.15, 0.2) is 0 Å². The molecule has 2 aromatic rings. The van der Waals surface area contributed by atoms with E-state index in [1.54, 1.807) is 12.1 Å². The minimum absolute atomic E-state index is 0.0639. The van der Waals surface area contributed by atoms with Crippen molar-refractivity contribution in [2.24, 2.45) is 14.1 Å². The summed E-state index contributed by atoms with van der Waals surface area (Å²) in [5.74, 6) is -0.844. The lowest BCUT2D eigenvalue weighted by Crippen LogP contribution is -2.52. The van der Waals surface area contributed by atoms with Crippen molar-refractivity contribution < 1.29 is 15.0 Å². The average molecular weight is 315 g/mol. The number of hydrogen-bond donors (Lipinski definition) is 3. The van der Waals surface area contributed by atoms with E-state index < -0.39 is 28.4 Å². The van der Waals surface area contributed by atoms with Gasteiger partial charge in [0.2, 0.25) is 17.1 Å². The normalized spacial score (nSPS) is 27.4. The molecule has 1 aromatic heterocycles. The fourth-order valence-corrected chi connectivity index (χ4v) is 3.49. The lowest BCUT2D eigenvalue weighted by atomic mass is 9.88. The molecule has 0 unspecified atom stereocenters. The molecule has 1 aliphatic heterocycles. The summed E-state index contributed by atoms with van der Waals surface area (Å²) in [4.78, 5) is 37.3. The van der Waals surface area contributed by atoms with Crippen molar-refractivity contribution in [2.75, 3.05) is 5.32 Å². The van der Waals surface area contributed by atoms with Crippen molar-refractivity contribution in [3.63, 3.8) is 0 Å². The van der Waals surface area contributed by atoms with Crippen LogP contribution in [0.2, 0.25) is 0 Å². The number of aliphatic hydroxyl groups is 2. The minimum atomic E-state index is -2.48. The maximum absolute atomic E-state index is 12.7. The van der Waals surface area contributed by atoms with E-state index >= 15 is 0 Å². The van der Waals surface area contributed by atoms with E-state index in [9.17, 15) is 24.6 Å². The highest BCUT2D eigenvalue weighted by Crippen LogP contribution is 2.54. The van der Waals surface area contributed by atoms with Gasteiger partial charge in [0.1, 0.15) is 11.4 Å². The highest BCUT2D eigenvalue weighted by Gasteiger charge is 2.70. The summed E-state index contributed by atoms with van der Waals surface area (Å²) in [5, 5.41) is 24.7. The Balaban J connectivity index is 2.17. The second-order valence-corrected chi connectivity index (χ2v) is 5.85. The Bertz CT molecular complexity index is 1020. The van der Waals surface area contributed by atoms with Crippen LogP contribution in [0.1, 0.15) is 21.5 Å². The number of rotatable bonds is 0. The lowest BCUT2D eigenvalue weighted by Gasteiger charge is -2.29. The van der Waals surface area contributed by atoms with Crippen LogP contribution in [0.3, 0.4) is 0 Å². The van der Waals surface area contributed by atoms with Crippen molar-refractivity contribution in [2.45, 2.75) is 11.3 Å². The maximum atomic E-state index is 12.7. The molecule has 0 radical (unpaired) electrons. The summed E-state index contributed by atoms with van der Waals surface area (Å²) < 4.78 is 1.88. The first-order chi connectivity index (χ1) is 10.7. The van der Waals surface area contributed by atoms with Gasteiger partial charge < -0.3 is 15.5 Å². The van der Waals surface area contributed by atoms with Gasteiger partial charge in [-0.05, 0) is 0 Å². The zero-order valence-corrected chi connectivity index (χ0v) is 12.3. The first-order valence-electron chi connectivity index (χ1n) is 6.93. The molecule has 0 bridgehead atoms. The van der Waals surface area contributed by atoms with Gasteiger partial charge in [0.25, 0.3) is 5.56 Å². The molecule has 118 valence electrons. The fraction of sp³-hybridized carbons (Fsp3) is 0.267. The average Bonchev–Trinajstić information content (AvgIpc) is 2.88. The monoisotopic (exact) mass is 315 g/mol. The minimum Gasteiger partial charge on any atom is -0.372 e. The number of aromatic nitrogens is 2. The summed E-state index contributed by atoms with van der Waals surface area (Å²) >= 11 is 0. The number of anilines is 1. The molecule has 0 saturated carbocycles. The van der Waals surface area contributed by atoms with Crippen LogP contribution < -0.4 is 16.6 Å². The Morgan fingerprint density at radius 1 is 1.04 bits per heavy atom. The van der Waals surface area contributed by atoms with Gasteiger partial charge >= 0.3 is 5.69 Å². The van der Waals surface area contributed by atoms with E-state index in [-0.39, 0.29) is 22.5 Å². The van der Waals surface area contributed by atoms with Gasteiger partial charge in [-0.15, -0.1) is 0 Å². The van der Waals surface area contributed by atoms with Crippen LogP contribution in [0.25, 0.3) is 0 Å². The van der Waals surface area contributed by atoms with Gasteiger partial charge in [-0.3, -0.25) is 18.7 Å². The molecule has 3 N–H and O–H groups in total. The molecule has 0 amide bonds. The standard InChI is InChI=1S/C15H13N3O5/c1-17-11-9(12(20)18(2)13(17)21)14(22)10(19)7-5-3-4-6-8(7)15(14,23)16-11/h3-6,16,22-23H,1-2H3/t14-,15-/m1/s1. The van der Waals surface area contributed by atoms with E-state index in [1.165, 1.54) is 26.2 Å². The molecule has 2 atom stereocenters. The SMILES string of the molecule is Cn1c2c(c(=O)n(C)c1=O)[C@@]1(O)C(=O)c3ccccc3[C@]1(O)N2. The molecule has 0 fully saturated rings. The summed E-state index contributed by atoms with van der Waals surface area (Å²) in [6.45, 7) is 0. The third kappa shape index (κ3) is 1.24. The molecular weight excluding hydrogens is 302 g/mol. The number of ketones is 1. The fourth-order valence-electron chi connectivity index (χ4n) is 3.49. The molecule has 4 rings (SSSR count). The molecular formula is C15H13N3O5. The largest absolute Gasteiger partial charge is 0.372 e. The number of fused-ring (bicyclic) bond motifs is 5. The van der Waals surface area contributed by atoms with Gasteiger partial charge in [0.05, 0.1) is 0 Å². The molecule has 1 aliphatic carbocycles. The second-order valence-electron chi connectivity index (χ2n) is 5.85. The molecule has 0 saturated heterocycles. The number of nitrogens with one attached hydrogen (secondary N) is 1. The van der Waals surface area contributed by atoms with Crippen LogP contribution in [-0.2, 0) is 25.4 Å². The lowest BCUT2D eigenvalue weighted by molar-refractivity contribution is -0.101. The predicted molar refractivity (Wildman–Crippen MR) is 79.1 cm³/mol. The van der Waals surface area contributed by atoms with Crippen LogP contribution >= 0.6 is 0 Å². The van der Waals surface area contributed by atoms with E-state index in [4.69, 9.17) is 0 Å². The zero-order chi connectivity index (χ0) is 16.7. The third-order valence-electron chi connectivity index (χ3n) is 4.74. The Morgan fingerprint density at radius 2 is 1.70 bits per heavy atom. The van der Waals surface area contributed by atoms with Gasteiger partial charge in [0, 0.05) is 25.2 Å². The van der Waals surface area contributed by atoms with Crippen LogP contribution in [0, 0.1) is 0 Å². The molecule has 23 heavy (non-hydrogen) atoms. The summed E-state index contributed by atoms with van der Waals surface area (Å²) in [5.41, 5.74) is -6.16. The number of carbonyl (C=O) groups excluding carboxylic acids is 1. The van der Waals surface area contributed by atoms with Crippen LogP contribution in [0.15, 0.2) is 33.9 Å². The Labute approximate surface area is 129 Å². The molecule has 8 nitrogen and oxygen atoms in total. The van der Waals surface area contributed by atoms with Crippen LogP contribution in [0.5, 0.6) is 0 Å². The van der Waals surface area contributed by atoms with Crippen molar-refractivity contribution in [3.05, 3.63) is 61.8 Å².